The molecule has 0 spiro atoms. The van der Waals surface area contributed by atoms with Gasteiger partial charge in [0.15, 0.2) is 0 Å². The van der Waals surface area contributed by atoms with Gasteiger partial charge in [0.05, 0.1) is 29.9 Å². The Morgan fingerprint density at radius 3 is 2.52 bits per heavy atom. The fourth-order valence-corrected chi connectivity index (χ4v) is 3.60. The first kappa shape index (κ1) is 18.7. The van der Waals surface area contributed by atoms with Gasteiger partial charge in [-0.3, -0.25) is 14.0 Å². The average molecular weight is 390 g/mol. The molecule has 0 aliphatic heterocycles. The number of amides is 1. The van der Waals surface area contributed by atoms with Gasteiger partial charge >= 0.3 is 0 Å². The van der Waals surface area contributed by atoms with E-state index in [2.05, 4.69) is 9.97 Å². The van der Waals surface area contributed by atoms with E-state index in [0.717, 1.165) is 5.56 Å². The van der Waals surface area contributed by atoms with Gasteiger partial charge in [0.2, 0.25) is 0 Å². The summed E-state index contributed by atoms with van der Waals surface area (Å²) in [5.74, 6) is 0.973. The third-order valence-electron chi connectivity index (χ3n) is 5.11. The Balaban J connectivity index is 2.03. The number of hydrogen-bond donors (Lipinski definition) is 1. The SMILES string of the molecule is CCN(CC)C(=O)c1cc2[nH]c(=O)c3cnc(-c4ccccc4)n3c2cc1OC. The van der Waals surface area contributed by atoms with E-state index in [1.165, 1.54) is 7.11 Å². The maximum atomic E-state index is 13.0. The number of aromatic amines is 1. The summed E-state index contributed by atoms with van der Waals surface area (Å²) in [5, 5.41) is 0. The van der Waals surface area contributed by atoms with E-state index >= 15 is 0 Å². The van der Waals surface area contributed by atoms with Gasteiger partial charge in [-0.05, 0) is 19.9 Å². The van der Waals surface area contributed by atoms with Gasteiger partial charge in [-0.25, -0.2) is 4.98 Å². The van der Waals surface area contributed by atoms with E-state index in [9.17, 15) is 9.59 Å². The molecule has 0 atom stereocenters. The third-order valence-corrected chi connectivity index (χ3v) is 5.11. The molecule has 1 N–H and O–H groups in total. The van der Waals surface area contributed by atoms with Gasteiger partial charge in [-0.1, -0.05) is 30.3 Å². The highest BCUT2D eigenvalue weighted by molar-refractivity contribution is 6.01. The van der Waals surface area contributed by atoms with Crippen molar-refractivity contribution in [3.8, 4) is 17.1 Å². The highest BCUT2D eigenvalue weighted by atomic mass is 16.5. The molecule has 0 aliphatic carbocycles. The molecule has 4 rings (SSSR count). The zero-order valence-electron chi connectivity index (χ0n) is 16.6. The van der Waals surface area contributed by atoms with Gasteiger partial charge in [0.1, 0.15) is 17.1 Å². The van der Waals surface area contributed by atoms with E-state index < -0.39 is 0 Å². The summed E-state index contributed by atoms with van der Waals surface area (Å²) < 4.78 is 7.35. The van der Waals surface area contributed by atoms with E-state index in [1.54, 1.807) is 27.6 Å². The number of H-pyrrole nitrogens is 1. The highest BCUT2D eigenvalue weighted by Crippen LogP contribution is 2.29. The Morgan fingerprint density at radius 1 is 1.14 bits per heavy atom. The van der Waals surface area contributed by atoms with Crippen molar-refractivity contribution in [2.75, 3.05) is 20.2 Å². The molecule has 0 unspecified atom stereocenters. The Hall–Kier alpha value is -3.61. The average Bonchev–Trinajstić information content (AvgIpc) is 3.20. The summed E-state index contributed by atoms with van der Waals surface area (Å²) in [6, 6.07) is 13.1. The number of methoxy groups -OCH3 is 1. The number of fused-ring (bicyclic) bond motifs is 3. The number of benzene rings is 2. The van der Waals surface area contributed by atoms with Gasteiger partial charge in [0.25, 0.3) is 11.5 Å². The summed E-state index contributed by atoms with van der Waals surface area (Å²) in [6.45, 7) is 5.04. The molecule has 1 amide bonds. The van der Waals surface area contributed by atoms with E-state index in [0.29, 0.717) is 46.8 Å². The molecular weight excluding hydrogens is 368 g/mol. The van der Waals surface area contributed by atoms with Crippen LogP contribution in [0, 0.1) is 0 Å². The zero-order valence-corrected chi connectivity index (χ0v) is 16.6. The normalized spacial score (nSPS) is 11.1. The van der Waals surface area contributed by atoms with E-state index in [4.69, 9.17) is 4.74 Å². The second-order valence-corrected chi connectivity index (χ2v) is 6.67. The third kappa shape index (κ3) is 3.04. The number of nitrogens with zero attached hydrogens (tertiary/aromatic N) is 3. The number of aromatic nitrogens is 3. The lowest BCUT2D eigenvalue weighted by molar-refractivity contribution is 0.0770. The molecule has 0 saturated carbocycles. The minimum Gasteiger partial charge on any atom is -0.496 e. The van der Waals surface area contributed by atoms with Crippen LogP contribution in [0.1, 0.15) is 24.2 Å². The number of ether oxygens (including phenoxy) is 1. The van der Waals surface area contributed by atoms with Crippen molar-refractivity contribution in [1.29, 1.82) is 0 Å². The van der Waals surface area contributed by atoms with Crippen LogP contribution in [-0.4, -0.2) is 45.4 Å². The number of nitrogens with one attached hydrogen (secondary N) is 1. The molecule has 2 heterocycles. The zero-order chi connectivity index (χ0) is 20.5. The van der Waals surface area contributed by atoms with Crippen LogP contribution in [0.5, 0.6) is 5.75 Å². The van der Waals surface area contributed by atoms with Gasteiger partial charge in [-0.2, -0.15) is 0 Å². The van der Waals surface area contributed by atoms with Crippen molar-refractivity contribution in [2.24, 2.45) is 0 Å². The molecule has 4 aromatic rings. The second kappa shape index (κ2) is 7.43. The number of rotatable bonds is 5. The van der Waals surface area contributed by atoms with Crippen molar-refractivity contribution in [1.82, 2.24) is 19.3 Å². The Morgan fingerprint density at radius 2 is 1.86 bits per heavy atom. The monoisotopic (exact) mass is 390 g/mol. The predicted octanol–water partition coefficient (Wildman–Crippen LogP) is 3.33. The van der Waals surface area contributed by atoms with Crippen molar-refractivity contribution in [3.05, 3.63) is 64.6 Å². The van der Waals surface area contributed by atoms with Crippen molar-refractivity contribution in [3.63, 3.8) is 0 Å². The van der Waals surface area contributed by atoms with Crippen molar-refractivity contribution in [2.45, 2.75) is 13.8 Å². The number of carbonyl (C=O) groups excluding carboxylic acids is 1. The summed E-state index contributed by atoms with van der Waals surface area (Å²) >= 11 is 0. The predicted molar refractivity (Wildman–Crippen MR) is 113 cm³/mol. The van der Waals surface area contributed by atoms with Gasteiger partial charge in [0, 0.05) is 24.7 Å². The van der Waals surface area contributed by atoms with Crippen LogP contribution in [-0.2, 0) is 0 Å². The van der Waals surface area contributed by atoms with Gasteiger partial charge in [-0.15, -0.1) is 0 Å². The smallest absolute Gasteiger partial charge is 0.274 e. The van der Waals surface area contributed by atoms with Crippen molar-refractivity contribution >= 4 is 22.5 Å². The molecule has 2 aromatic heterocycles. The number of hydrogen-bond acceptors (Lipinski definition) is 4. The molecule has 148 valence electrons. The first-order valence-corrected chi connectivity index (χ1v) is 9.55. The van der Waals surface area contributed by atoms with Crippen LogP contribution in [0.4, 0.5) is 0 Å². The van der Waals surface area contributed by atoms with Crippen LogP contribution in [0.3, 0.4) is 0 Å². The summed E-state index contributed by atoms with van der Waals surface area (Å²) in [7, 11) is 1.54. The summed E-state index contributed by atoms with van der Waals surface area (Å²) in [6.07, 6.45) is 1.56. The largest absolute Gasteiger partial charge is 0.496 e. The Labute approximate surface area is 167 Å². The van der Waals surface area contributed by atoms with Crippen LogP contribution >= 0.6 is 0 Å². The molecule has 0 saturated heterocycles. The quantitative estimate of drug-likeness (QED) is 0.567. The maximum Gasteiger partial charge on any atom is 0.274 e. The van der Waals surface area contributed by atoms with Crippen LogP contribution in [0.2, 0.25) is 0 Å². The first-order chi connectivity index (χ1) is 14.1. The molecule has 0 aliphatic rings. The lowest BCUT2D eigenvalue weighted by Gasteiger charge is -2.20. The maximum absolute atomic E-state index is 13.0. The molecule has 0 fully saturated rings. The summed E-state index contributed by atoms with van der Waals surface area (Å²) in [5.41, 5.74) is 2.74. The molecule has 7 nitrogen and oxygen atoms in total. The second-order valence-electron chi connectivity index (χ2n) is 6.67. The molecule has 29 heavy (non-hydrogen) atoms. The molecular formula is C22H22N4O3. The van der Waals surface area contributed by atoms with E-state index in [-0.39, 0.29) is 11.5 Å². The first-order valence-electron chi connectivity index (χ1n) is 9.55. The van der Waals surface area contributed by atoms with Crippen LogP contribution in [0.25, 0.3) is 27.9 Å². The molecule has 2 aromatic carbocycles. The van der Waals surface area contributed by atoms with Crippen LogP contribution < -0.4 is 10.3 Å². The number of imidazole rings is 1. The lowest BCUT2D eigenvalue weighted by Crippen LogP contribution is -2.30. The Kier molecular flexibility index (Phi) is 4.80. The minimum absolute atomic E-state index is 0.136. The fraction of sp³-hybridized carbons (Fsp3) is 0.227. The van der Waals surface area contributed by atoms with E-state index in [1.807, 2.05) is 44.2 Å². The van der Waals surface area contributed by atoms with Gasteiger partial charge < -0.3 is 14.6 Å². The fourth-order valence-electron chi connectivity index (χ4n) is 3.60. The molecule has 7 heteroatoms. The summed E-state index contributed by atoms with van der Waals surface area (Å²) in [4.78, 5) is 34.7. The topological polar surface area (TPSA) is 79.7 Å². The minimum atomic E-state index is -0.265. The van der Waals surface area contributed by atoms with Crippen molar-refractivity contribution < 1.29 is 9.53 Å². The lowest BCUT2D eigenvalue weighted by atomic mass is 10.1. The highest BCUT2D eigenvalue weighted by Gasteiger charge is 2.21. The molecule has 0 bridgehead atoms. The number of carbonyl (C=O) groups is 1. The Bertz CT molecular complexity index is 1250. The molecule has 0 radical (unpaired) electrons. The van der Waals surface area contributed by atoms with Crippen LogP contribution in [0.15, 0.2) is 53.5 Å². The standard InChI is InChI=1S/C22H22N4O3/c1-4-25(5-2)22(28)15-11-16-17(12-19(15)29-3)26-18(21(27)24-16)13-23-20(26)14-9-7-6-8-10-14/h6-13H,4-5H2,1-3H3,(H,24,27).